The van der Waals surface area contributed by atoms with Crippen LogP contribution in [0.4, 0.5) is 0 Å². The van der Waals surface area contributed by atoms with E-state index in [0.717, 1.165) is 37.0 Å². The number of unbranched alkanes of at least 4 members (excludes halogenated alkanes) is 11. The maximum absolute atomic E-state index is 12.7. The van der Waals surface area contributed by atoms with Crippen molar-refractivity contribution in [3.05, 3.63) is 42.0 Å². The summed E-state index contributed by atoms with van der Waals surface area (Å²) in [5.74, 6) is -2.15. The van der Waals surface area contributed by atoms with Crippen LogP contribution in [0, 0.1) is 0 Å². The van der Waals surface area contributed by atoms with Crippen molar-refractivity contribution in [3.8, 4) is 5.75 Å². The van der Waals surface area contributed by atoms with Crippen LogP contribution in [-0.2, 0) is 20.8 Å². The number of carboxylic acids is 1. The summed E-state index contributed by atoms with van der Waals surface area (Å²) in [6.07, 6.45) is 19.7. The normalized spacial score (nSPS) is 12.1. The highest BCUT2D eigenvalue weighted by Crippen LogP contribution is 2.17. The van der Waals surface area contributed by atoms with E-state index in [4.69, 9.17) is 0 Å². The summed E-state index contributed by atoms with van der Waals surface area (Å²) in [4.78, 5) is 37.5. The van der Waals surface area contributed by atoms with Gasteiger partial charge in [0.1, 0.15) is 11.8 Å². The maximum Gasteiger partial charge on any atom is 0.327 e. The molecule has 0 saturated heterocycles. The Hall–Kier alpha value is -2.63. The Balaban J connectivity index is 2.28. The smallest absolute Gasteiger partial charge is 0.327 e. The van der Waals surface area contributed by atoms with E-state index >= 15 is 0 Å². The Morgan fingerprint density at radius 1 is 0.829 bits per heavy atom. The molecule has 196 valence electrons. The van der Waals surface area contributed by atoms with Gasteiger partial charge in [-0.1, -0.05) is 82.6 Å². The molecular formula is C29H45NO5. The van der Waals surface area contributed by atoms with Crippen LogP contribution in [0.2, 0.25) is 0 Å². The fraction of sp³-hybridized carbons (Fsp3) is 0.621. The Kier molecular flexibility index (Phi) is 16.2. The van der Waals surface area contributed by atoms with Crippen LogP contribution in [0.3, 0.4) is 0 Å². The van der Waals surface area contributed by atoms with Gasteiger partial charge in [-0.25, -0.2) is 4.79 Å². The fourth-order valence-corrected chi connectivity index (χ4v) is 4.18. The largest absolute Gasteiger partial charge is 0.508 e. The van der Waals surface area contributed by atoms with E-state index in [1.807, 2.05) is 0 Å². The van der Waals surface area contributed by atoms with Gasteiger partial charge in [-0.15, -0.1) is 0 Å². The van der Waals surface area contributed by atoms with E-state index in [-0.39, 0.29) is 18.6 Å². The molecule has 0 unspecified atom stereocenters. The Bertz CT molecular complexity index is 772. The quantitative estimate of drug-likeness (QED) is 0.165. The SMILES string of the molecule is CCCCCCCC/C=C\CCCCCCCC(=O)N(C(C)=O)[C@@H](Cc1ccc(O)cc1)C(=O)O. The predicted octanol–water partition coefficient (Wildman–Crippen LogP) is 6.80. The third-order valence-electron chi connectivity index (χ3n) is 6.22. The van der Waals surface area contributed by atoms with Crippen LogP contribution in [0.1, 0.15) is 109 Å². The highest BCUT2D eigenvalue weighted by atomic mass is 16.4. The Labute approximate surface area is 211 Å². The van der Waals surface area contributed by atoms with Gasteiger partial charge in [-0.3, -0.25) is 14.5 Å². The lowest BCUT2D eigenvalue weighted by atomic mass is 10.0. The number of benzene rings is 1. The van der Waals surface area contributed by atoms with Crippen molar-refractivity contribution in [2.45, 2.75) is 116 Å². The van der Waals surface area contributed by atoms with Crippen molar-refractivity contribution in [2.75, 3.05) is 0 Å². The van der Waals surface area contributed by atoms with Gasteiger partial charge >= 0.3 is 5.97 Å². The van der Waals surface area contributed by atoms with Gasteiger partial charge in [0.05, 0.1) is 0 Å². The fourth-order valence-electron chi connectivity index (χ4n) is 4.18. The second kappa shape index (κ2) is 18.7. The number of nitrogens with zero attached hydrogens (tertiary/aromatic N) is 1. The van der Waals surface area contributed by atoms with E-state index in [9.17, 15) is 24.6 Å². The number of aromatic hydroxyl groups is 1. The molecule has 1 aromatic carbocycles. The summed E-state index contributed by atoms with van der Waals surface area (Å²) >= 11 is 0. The number of carbonyl (C=O) groups is 3. The molecule has 6 heteroatoms. The van der Waals surface area contributed by atoms with Crippen LogP contribution in [0.5, 0.6) is 5.75 Å². The maximum atomic E-state index is 12.7. The van der Waals surface area contributed by atoms with Crippen molar-refractivity contribution in [3.63, 3.8) is 0 Å². The summed E-state index contributed by atoms with van der Waals surface area (Å²) in [5, 5.41) is 19.1. The van der Waals surface area contributed by atoms with Crippen molar-refractivity contribution >= 4 is 17.8 Å². The first-order valence-electron chi connectivity index (χ1n) is 13.3. The number of aliphatic carboxylic acids is 1. The number of carboxylic acid groups (broad SMARTS) is 1. The van der Waals surface area contributed by atoms with Crippen LogP contribution in [0.25, 0.3) is 0 Å². The topological polar surface area (TPSA) is 94.9 Å². The molecule has 0 spiro atoms. The van der Waals surface area contributed by atoms with E-state index in [0.29, 0.717) is 12.0 Å². The van der Waals surface area contributed by atoms with Gasteiger partial charge < -0.3 is 10.2 Å². The molecule has 1 aromatic rings. The first-order valence-corrected chi connectivity index (χ1v) is 13.3. The van der Waals surface area contributed by atoms with E-state index < -0.39 is 23.8 Å². The number of allylic oxidation sites excluding steroid dienone is 2. The number of hydrogen-bond donors (Lipinski definition) is 2. The summed E-state index contributed by atoms with van der Waals surface area (Å²) in [5.41, 5.74) is 0.635. The van der Waals surface area contributed by atoms with Gasteiger partial charge in [0.25, 0.3) is 0 Å². The van der Waals surface area contributed by atoms with Gasteiger partial charge in [0.15, 0.2) is 0 Å². The number of phenols is 1. The number of imide groups is 1. The zero-order valence-electron chi connectivity index (χ0n) is 21.7. The van der Waals surface area contributed by atoms with Crippen LogP contribution < -0.4 is 0 Å². The first kappa shape index (κ1) is 30.4. The summed E-state index contributed by atoms with van der Waals surface area (Å²) < 4.78 is 0. The van der Waals surface area contributed by atoms with Crippen LogP contribution in [-0.4, -0.2) is 38.9 Å². The average molecular weight is 488 g/mol. The lowest BCUT2D eigenvalue weighted by Gasteiger charge is -2.26. The molecule has 1 rings (SSSR count). The van der Waals surface area contributed by atoms with Gasteiger partial charge in [0.2, 0.25) is 11.8 Å². The first-order chi connectivity index (χ1) is 16.9. The summed E-state index contributed by atoms with van der Waals surface area (Å²) in [6, 6.07) is 4.85. The minimum Gasteiger partial charge on any atom is -0.508 e. The number of amides is 2. The molecule has 6 nitrogen and oxygen atoms in total. The summed E-state index contributed by atoms with van der Waals surface area (Å²) in [7, 11) is 0. The molecular weight excluding hydrogens is 442 g/mol. The predicted molar refractivity (Wildman–Crippen MR) is 140 cm³/mol. The van der Waals surface area contributed by atoms with Crippen molar-refractivity contribution < 1.29 is 24.6 Å². The van der Waals surface area contributed by atoms with E-state index in [1.54, 1.807) is 12.1 Å². The number of hydrogen-bond acceptors (Lipinski definition) is 4. The molecule has 0 bridgehead atoms. The third-order valence-corrected chi connectivity index (χ3v) is 6.22. The molecule has 0 aliphatic rings. The van der Waals surface area contributed by atoms with Crippen molar-refractivity contribution in [1.29, 1.82) is 0 Å². The highest BCUT2D eigenvalue weighted by molar-refractivity contribution is 5.98. The van der Waals surface area contributed by atoms with Crippen molar-refractivity contribution in [1.82, 2.24) is 4.90 Å². The van der Waals surface area contributed by atoms with E-state index in [2.05, 4.69) is 19.1 Å². The molecule has 0 fully saturated rings. The second-order valence-corrected chi connectivity index (χ2v) is 9.34. The van der Waals surface area contributed by atoms with Crippen molar-refractivity contribution in [2.24, 2.45) is 0 Å². The molecule has 2 amide bonds. The minimum atomic E-state index is -1.26. The van der Waals surface area contributed by atoms with Gasteiger partial charge in [0, 0.05) is 19.8 Å². The highest BCUT2D eigenvalue weighted by Gasteiger charge is 2.32. The lowest BCUT2D eigenvalue weighted by Crippen LogP contribution is -2.48. The molecule has 35 heavy (non-hydrogen) atoms. The molecule has 0 radical (unpaired) electrons. The zero-order valence-corrected chi connectivity index (χ0v) is 21.7. The lowest BCUT2D eigenvalue weighted by molar-refractivity contribution is -0.157. The standard InChI is InChI=1S/C29H45NO5/c1-3-4-5-6-7-8-9-10-11-12-13-14-15-16-17-18-28(33)30(24(2)31)27(29(34)35)23-25-19-21-26(32)22-20-25/h10-11,19-22,27,32H,3-9,12-18,23H2,1-2H3,(H,34,35)/b11-10-/t27-/m0/s1. The van der Waals surface area contributed by atoms with E-state index in [1.165, 1.54) is 64.0 Å². The van der Waals surface area contributed by atoms with Crippen LogP contribution in [0.15, 0.2) is 36.4 Å². The molecule has 0 aromatic heterocycles. The molecule has 1 atom stereocenters. The number of phenolic OH excluding ortho intramolecular Hbond substituents is 1. The Morgan fingerprint density at radius 2 is 1.34 bits per heavy atom. The van der Waals surface area contributed by atoms with Gasteiger partial charge in [-0.2, -0.15) is 0 Å². The number of carbonyl (C=O) groups excluding carboxylic acids is 2. The van der Waals surface area contributed by atoms with Crippen LogP contribution >= 0.6 is 0 Å². The molecule has 2 N–H and O–H groups in total. The molecule has 0 aliphatic heterocycles. The molecule has 0 saturated carbocycles. The van der Waals surface area contributed by atoms with Gasteiger partial charge in [-0.05, 0) is 49.8 Å². The minimum absolute atomic E-state index is 0.00725. The second-order valence-electron chi connectivity index (χ2n) is 9.34. The third kappa shape index (κ3) is 13.7. The monoisotopic (exact) mass is 487 g/mol. The molecule has 0 heterocycles. The average Bonchev–Trinajstić information content (AvgIpc) is 2.82. The summed E-state index contributed by atoms with van der Waals surface area (Å²) in [6.45, 7) is 3.47. The molecule has 0 aliphatic carbocycles. The zero-order chi connectivity index (χ0) is 25.9. The number of rotatable bonds is 19. The Morgan fingerprint density at radius 3 is 1.86 bits per heavy atom.